The molecular formula is C13H15N3O2S. The lowest BCUT2D eigenvalue weighted by molar-refractivity contribution is -0.386. The monoisotopic (exact) mass is 277 g/mol. The molecule has 0 atom stereocenters. The smallest absolute Gasteiger partial charge is 0.278 e. The van der Waals surface area contributed by atoms with Crippen LogP contribution in [0.15, 0.2) is 23.0 Å². The molecule has 0 radical (unpaired) electrons. The van der Waals surface area contributed by atoms with Gasteiger partial charge in [0.15, 0.2) is 0 Å². The molecule has 2 rings (SSSR count). The van der Waals surface area contributed by atoms with Crippen LogP contribution in [0.3, 0.4) is 0 Å². The highest BCUT2D eigenvalue weighted by Crippen LogP contribution is 2.23. The molecule has 0 aromatic carbocycles. The van der Waals surface area contributed by atoms with Crippen LogP contribution in [0.1, 0.15) is 22.4 Å². The quantitative estimate of drug-likeness (QED) is 0.674. The molecule has 100 valence electrons. The molecular weight excluding hydrogens is 262 g/mol. The SMILES string of the molecule is Cc1cnc(CNCc2ccsc2)c(C)c1[N+](=O)[O-]. The van der Waals surface area contributed by atoms with Crippen LogP contribution in [0.25, 0.3) is 0 Å². The minimum Gasteiger partial charge on any atom is -0.307 e. The van der Waals surface area contributed by atoms with E-state index in [1.54, 1.807) is 31.4 Å². The van der Waals surface area contributed by atoms with E-state index < -0.39 is 0 Å². The lowest BCUT2D eigenvalue weighted by Crippen LogP contribution is -2.15. The van der Waals surface area contributed by atoms with Crippen LogP contribution in [0.4, 0.5) is 5.69 Å². The van der Waals surface area contributed by atoms with Gasteiger partial charge < -0.3 is 5.32 Å². The van der Waals surface area contributed by atoms with Crippen molar-refractivity contribution in [2.24, 2.45) is 0 Å². The van der Waals surface area contributed by atoms with Crippen molar-refractivity contribution >= 4 is 17.0 Å². The molecule has 0 aliphatic heterocycles. The van der Waals surface area contributed by atoms with Crippen LogP contribution in [-0.4, -0.2) is 9.91 Å². The molecule has 2 heterocycles. The highest BCUT2D eigenvalue weighted by Gasteiger charge is 2.18. The zero-order valence-electron chi connectivity index (χ0n) is 10.8. The Morgan fingerprint density at radius 2 is 2.21 bits per heavy atom. The summed E-state index contributed by atoms with van der Waals surface area (Å²) in [5, 5.41) is 18.4. The van der Waals surface area contributed by atoms with Crippen LogP contribution in [0.2, 0.25) is 0 Å². The first-order valence-corrected chi connectivity index (χ1v) is 6.85. The second-order valence-electron chi connectivity index (χ2n) is 4.35. The Balaban J connectivity index is 2.08. The molecule has 1 N–H and O–H groups in total. The van der Waals surface area contributed by atoms with E-state index in [9.17, 15) is 10.1 Å². The van der Waals surface area contributed by atoms with E-state index in [1.165, 1.54) is 5.56 Å². The van der Waals surface area contributed by atoms with Gasteiger partial charge in [0, 0.05) is 30.4 Å². The first-order chi connectivity index (χ1) is 9.09. The van der Waals surface area contributed by atoms with Gasteiger partial charge in [-0.1, -0.05) is 0 Å². The van der Waals surface area contributed by atoms with Crippen LogP contribution in [0.5, 0.6) is 0 Å². The molecule has 0 saturated carbocycles. The van der Waals surface area contributed by atoms with E-state index in [0.29, 0.717) is 17.7 Å². The van der Waals surface area contributed by atoms with Gasteiger partial charge in [0.2, 0.25) is 0 Å². The van der Waals surface area contributed by atoms with Gasteiger partial charge in [-0.15, -0.1) is 0 Å². The number of hydrogen-bond acceptors (Lipinski definition) is 5. The van der Waals surface area contributed by atoms with Gasteiger partial charge >= 0.3 is 0 Å². The van der Waals surface area contributed by atoms with Crippen LogP contribution in [-0.2, 0) is 13.1 Å². The molecule has 0 bridgehead atoms. The third-order valence-corrected chi connectivity index (χ3v) is 3.69. The summed E-state index contributed by atoms with van der Waals surface area (Å²) < 4.78 is 0. The number of rotatable bonds is 5. The average Bonchev–Trinajstić information content (AvgIpc) is 2.85. The highest BCUT2D eigenvalue weighted by atomic mass is 32.1. The van der Waals surface area contributed by atoms with Crippen molar-refractivity contribution in [3.05, 3.63) is 55.5 Å². The maximum atomic E-state index is 11.0. The minimum absolute atomic E-state index is 0.169. The van der Waals surface area contributed by atoms with Gasteiger partial charge in [-0.25, -0.2) is 0 Å². The number of thiophene rings is 1. The Kier molecular flexibility index (Phi) is 4.24. The topological polar surface area (TPSA) is 68.1 Å². The Morgan fingerprint density at radius 3 is 2.84 bits per heavy atom. The van der Waals surface area contributed by atoms with Crippen molar-refractivity contribution in [2.75, 3.05) is 0 Å². The van der Waals surface area contributed by atoms with Crippen LogP contribution >= 0.6 is 11.3 Å². The number of aromatic nitrogens is 1. The molecule has 0 aliphatic carbocycles. The number of nitro groups is 1. The van der Waals surface area contributed by atoms with Crippen LogP contribution < -0.4 is 5.32 Å². The van der Waals surface area contributed by atoms with E-state index in [1.807, 2.05) is 5.38 Å². The lowest BCUT2D eigenvalue weighted by Gasteiger charge is -2.08. The van der Waals surface area contributed by atoms with Crippen molar-refractivity contribution < 1.29 is 4.92 Å². The summed E-state index contributed by atoms with van der Waals surface area (Å²) >= 11 is 1.65. The fraction of sp³-hybridized carbons (Fsp3) is 0.308. The zero-order chi connectivity index (χ0) is 13.8. The summed E-state index contributed by atoms with van der Waals surface area (Å²) in [6, 6.07) is 2.05. The fourth-order valence-electron chi connectivity index (χ4n) is 1.94. The molecule has 19 heavy (non-hydrogen) atoms. The Labute approximate surface area is 115 Å². The van der Waals surface area contributed by atoms with Crippen molar-refractivity contribution in [1.82, 2.24) is 10.3 Å². The van der Waals surface area contributed by atoms with Gasteiger partial charge in [-0.05, 0) is 36.2 Å². The number of nitrogens with zero attached hydrogens (tertiary/aromatic N) is 2. The molecule has 0 amide bonds. The Bertz CT molecular complexity index is 582. The van der Waals surface area contributed by atoms with Crippen molar-refractivity contribution in [2.45, 2.75) is 26.9 Å². The fourth-order valence-corrected chi connectivity index (χ4v) is 2.61. The Morgan fingerprint density at radius 1 is 1.42 bits per heavy atom. The summed E-state index contributed by atoms with van der Waals surface area (Å²) in [7, 11) is 0. The molecule has 2 aromatic heterocycles. The summed E-state index contributed by atoms with van der Waals surface area (Å²) in [5.41, 5.74) is 3.35. The molecule has 0 saturated heterocycles. The van der Waals surface area contributed by atoms with E-state index in [4.69, 9.17) is 0 Å². The lowest BCUT2D eigenvalue weighted by atomic mass is 10.1. The molecule has 0 unspecified atom stereocenters. The number of pyridine rings is 1. The van der Waals surface area contributed by atoms with Gasteiger partial charge in [0.1, 0.15) is 0 Å². The first kappa shape index (κ1) is 13.6. The van der Waals surface area contributed by atoms with E-state index in [2.05, 4.69) is 21.7 Å². The predicted octanol–water partition coefficient (Wildman–Crippen LogP) is 2.96. The molecule has 2 aromatic rings. The number of nitrogens with one attached hydrogen (secondary N) is 1. The van der Waals surface area contributed by atoms with Gasteiger partial charge in [0.25, 0.3) is 5.69 Å². The number of aryl methyl sites for hydroxylation is 1. The van der Waals surface area contributed by atoms with Crippen molar-refractivity contribution in [1.29, 1.82) is 0 Å². The normalized spacial score (nSPS) is 10.6. The second kappa shape index (κ2) is 5.90. The number of hydrogen-bond donors (Lipinski definition) is 1. The van der Waals surface area contributed by atoms with E-state index in [0.717, 1.165) is 12.2 Å². The molecule has 0 spiro atoms. The van der Waals surface area contributed by atoms with Crippen molar-refractivity contribution in [3.63, 3.8) is 0 Å². The summed E-state index contributed by atoms with van der Waals surface area (Å²) in [6.45, 7) is 4.73. The summed E-state index contributed by atoms with van der Waals surface area (Å²) in [6.07, 6.45) is 1.56. The highest BCUT2D eigenvalue weighted by molar-refractivity contribution is 7.07. The van der Waals surface area contributed by atoms with Gasteiger partial charge in [-0.3, -0.25) is 15.1 Å². The molecule has 0 aliphatic rings. The van der Waals surface area contributed by atoms with E-state index >= 15 is 0 Å². The van der Waals surface area contributed by atoms with Crippen LogP contribution in [0, 0.1) is 24.0 Å². The standard InChI is InChI=1S/C13H15N3O2S/c1-9-5-15-12(10(2)13(9)16(17)18)7-14-6-11-3-4-19-8-11/h3-5,8,14H,6-7H2,1-2H3. The largest absolute Gasteiger partial charge is 0.307 e. The van der Waals surface area contributed by atoms with Gasteiger partial charge in [-0.2, -0.15) is 11.3 Å². The minimum atomic E-state index is -0.339. The third-order valence-electron chi connectivity index (χ3n) is 2.96. The second-order valence-corrected chi connectivity index (χ2v) is 5.13. The Hall–Kier alpha value is -1.79. The molecule has 5 nitrogen and oxygen atoms in total. The van der Waals surface area contributed by atoms with Gasteiger partial charge in [0.05, 0.1) is 10.6 Å². The average molecular weight is 277 g/mol. The maximum absolute atomic E-state index is 11.0. The van der Waals surface area contributed by atoms with E-state index in [-0.39, 0.29) is 10.6 Å². The predicted molar refractivity (Wildman–Crippen MR) is 75.2 cm³/mol. The maximum Gasteiger partial charge on any atom is 0.278 e. The molecule has 0 fully saturated rings. The third kappa shape index (κ3) is 3.15. The summed E-state index contributed by atoms with van der Waals surface area (Å²) in [5.74, 6) is 0. The van der Waals surface area contributed by atoms with Crippen molar-refractivity contribution in [3.8, 4) is 0 Å². The zero-order valence-corrected chi connectivity index (χ0v) is 11.7. The first-order valence-electron chi connectivity index (χ1n) is 5.91. The molecule has 6 heteroatoms. The summed E-state index contributed by atoms with van der Waals surface area (Å²) in [4.78, 5) is 15.0.